The van der Waals surface area contributed by atoms with Crippen molar-refractivity contribution in [2.45, 2.75) is 6.18 Å². The summed E-state index contributed by atoms with van der Waals surface area (Å²) in [5.41, 5.74) is 0.526. The van der Waals surface area contributed by atoms with Gasteiger partial charge in [0.1, 0.15) is 18.0 Å². The van der Waals surface area contributed by atoms with E-state index in [4.69, 9.17) is 9.47 Å². The highest BCUT2D eigenvalue weighted by atomic mass is 19.4. The number of carbonyl (C=O) groups excluding carboxylic acids is 1. The Bertz CT molecular complexity index is 533. The molecular formula is C13H15F3N2O4. The van der Waals surface area contributed by atoms with E-state index in [1.165, 1.54) is 20.4 Å². The molecule has 1 aromatic rings. The Morgan fingerprint density at radius 2 is 2.05 bits per heavy atom. The predicted octanol–water partition coefficient (Wildman–Crippen LogP) is 1.73. The van der Waals surface area contributed by atoms with Gasteiger partial charge in [-0.3, -0.25) is 4.79 Å². The number of halogens is 3. The normalized spacial score (nSPS) is 11.3. The number of hydrogen-bond acceptors (Lipinski definition) is 5. The van der Waals surface area contributed by atoms with Gasteiger partial charge < -0.3 is 19.6 Å². The standard InChI is InChI=1S/C13H15F3N2O4/c1-20-10-3-4-11(21-2)9(5-10)6-18-22-7-12(19)17-8-13(14,15)16/h3-6H,7-8H2,1-2H3,(H,17,19)/b18-6+. The molecule has 0 saturated carbocycles. The van der Waals surface area contributed by atoms with E-state index in [9.17, 15) is 18.0 Å². The number of rotatable bonds is 7. The molecule has 6 nitrogen and oxygen atoms in total. The fourth-order valence-corrected chi connectivity index (χ4v) is 1.38. The van der Waals surface area contributed by atoms with Crippen LogP contribution in [-0.2, 0) is 9.63 Å². The lowest BCUT2D eigenvalue weighted by Crippen LogP contribution is -2.35. The Balaban J connectivity index is 2.50. The van der Waals surface area contributed by atoms with E-state index in [0.717, 1.165) is 0 Å². The number of benzene rings is 1. The molecule has 1 aromatic carbocycles. The van der Waals surface area contributed by atoms with E-state index in [-0.39, 0.29) is 0 Å². The van der Waals surface area contributed by atoms with Crippen LogP contribution < -0.4 is 14.8 Å². The van der Waals surface area contributed by atoms with Gasteiger partial charge in [-0.2, -0.15) is 13.2 Å². The van der Waals surface area contributed by atoms with Crippen LogP contribution in [0.2, 0.25) is 0 Å². The molecule has 0 spiro atoms. The van der Waals surface area contributed by atoms with Gasteiger partial charge in [0.15, 0.2) is 6.61 Å². The number of alkyl halides is 3. The molecule has 0 aliphatic rings. The highest BCUT2D eigenvalue weighted by molar-refractivity contribution is 5.84. The van der Waals surface area contributed by atoms with Crippen molar-refractivity contribution < 1.29 is 32.3 Å². The molecular weight excluding hydrogens is 305 g/mol. The van der Waals surface area contributed by atoms with Crippen LogP contribution in [0.4, 0.5) is 13.2 Å². The largest absolute Gasteiger partial charge is 0.497 e. The van der Waals surface area contributed by atoms with Crippen molar-refractivity contribution in [3.8, 4) is 11.5 Å². The summed E-state index contributed by atoms with van der Waals surface area (Å²) in [6, 6.07) is 4.95. The number of nitrogens with zero attached hydrogens (tertiary/aromatic N) is 1. The van der Waals surface area contributed by atoms with Gasteiger partial charge in [-0.05, 0) is 18.2 Å². The van der Waals surface area contributed by atoms with Crippen molar-refractivity contribution in [1.29, 1.82) is 0 Å². The number of hydrogen-bond donors (Lipinski definition) is 1. The van der Waals surface area contributed by atoms with E-state index in [1.807, 2.05) is 0 Å². The lowest BCUT2D eigenvalue weighted by molar-refractivity contribution is -0.141. The first-order valence-corrected chi connectivity index (χ1v) is 6.06. The van der Waals surface area contributed by atoms with E-state index in [2.05, 4.69) is 9.99 Å². The summed E-state index contributed by atoms with van der Waals surface area (Å²) in [5, 5.41) is 5.16. The summed E-state index contributed by atoms with van der Waals surface area (Å²) in [4.78, 5) is 15.7. The predicted molar refractivity (Wildman–Crippen MR) is 72.2 cm³/mol. The maximum Gasteiger partial charge on any atom is 0.405 e. The van der Waals surface area contributed by atoms with Crippen LogP contribution in [0, 0.1) is 0 Å². The average Bonchev–Trinajstić information content (AvgIpc) is 2.48. The van der Waals surface area contributed by atoms with Gasteiger partial charge in [0.05, 0.1) is 20.4 Å². The maximum absolute atomic E-state index is 11.9. The molecule has 122 valence electrons. The number of ether oxygens (including phenoxy) is 2. The molecule has 0 aromatic heterocycles. The molecule has 0 aliphatic heterocycles. The van der Waals surface area contributed by atoms with Gasteiger partial charge in [-0.1, -0.05) is 5.16 Å². The molecule has 0 radical (unpaired) electrons. The summed E-state index contributed by atoms with van der Waals surface area (Å²) in [5.74, 6) is 0.131. The quantitative estimate of drug-likeness (QED) is 0.614. The first-order chi connectivity index (χ1) is 10.4. The monoisotopic (exact) mass is 320 g/mol. The molecule has 0 heterocycles. The lowest BCUT2D eigenvalue weighted by Gasteiger charge is -2.08. The van der Waals surface area contributed by atoms with Crippen LogP contribution in [0.15, 0.2) is 23.4 Å². The van der Waals surface area contributed by atoms with Crippen molar-refractivity contribution in [2.75, 3.05) is 27.4 Å². The van der Waals surface area contributed by atoms with Crippen molar-refractivity contribution in [3.63, 3.8) is 0 Å². The number of oxime groups is 1. The zero-order valence-corrected chi connectivity index (χ0v) is 11.9. The molecule has 0 aliphatic carbocycles. The Hall–Kier alpha value is -2.45. The van der Waals surface area contributed by atoms with Crippen molar-refractivity contribution >= 4 is 12.1 Å². The number of amides is 1. The molecule has 1 rings (SSSR count). The van der Waals surface area contributed by atoms with Gasteiger partial charge in [-0.15, -0.1) is 0 Å². The molecule has 9 heteroatoms. The average molecular weight is 320 g/mol. The minimum Gasteiger partial charge on any atom is -0.497 e. The zero-order valence-electron chi connectivity index (χ0n) is 11.9. The highest BCUT2D eigenvalue weighted by Gasteiger charge is 2.27. The molecule has 0 unspecified atom stereocenters. The second kappa shape index (κ2) is 8.11. The van der Waals surface area contributed by atoms with Gasteiger partial charge in [-0.25, -0.2) is 0 Å². The second-order valence-electron chi connectivity index (χ2n) is 4.01. The molecule has 0 saturated heterocycles. The Morgan fingerprint density at radius 1 is 1.32 bits per heavy atom. The first-order valence-electron chi connectivity index (χ1n) is 6.06. The molecule has 22 heavy (non-hydrogen) atoms. The summed E-state index contributed by atoms with van der Waals surface area (Å²) in [6.45, 7) is -2.04. The van der Waals surface area contributed by atoms with Crippen LogP contribution >= 0.6 is 0 Å². The maximum atomic E-state index is 11.9. The Morgan fingerprint density at radius 3 is 2.64 bits per heavy atom. The van der Waals surface area contributed by atoms with Crippen LogP contribution in [0.1, 0.15) is 5.56 Å². The van der Waals surface area contributed by atoms with Gasteiger partial charge in [0.25, 0.3) is 5.91 Å². The van der Waals surface area contributed by atoms with Crippen molar-refractivity contribution in [2.24, 2.45) is 5.16 Å². The summed E-state index contributed by atoms with van der Waals surface area (Å²) < 4.78 is 45.7. The van der Waals surface area contributed by atoms with Crippen LogP contribution in [0.25, 0.3) is 0 Å². The smallest absolute Gasteiger partial charge is 0.405 e. The third kappa shape index (κ3) is 6.33. The SMILES string of the molecule is COc1ccc(OC)c(/C=N/OCC(=O)NCC(F)(F)F)c1. The summed E-state index contributed by atoms with van der Waals surface area (Å²) >= 11 is 0. The van der Waals surface area contributed by atoms with Gasteiger partial charge in [0, 0.05) is 5.56 Å². The minimum atomic E-state index is -4.47. The minimum absolute atomic E-state index is 0.495. The molecule has 0 fully saturated rings. The zero-order chi connectivity index (χ0) is 16.6. The van der Waals surface area contributed by atoms with Gasteiger partial charge >= 0.3 is 6.18 Å². The van der Waals surface area contributed by atoms with Crippen LogP contribution in [0.3, 0.4) is 0 Å². The van der Waals surface area contributed by atoms with E-state index in [1.54, 1.807) is 23.5 Å². The van der Waals surface area contributed by atoms with Crippen LogP contribution in [0.5, 0.6) is 11.5 Å². The molecule has 1 amide bonds. The van der Waals surface area contributed by atoms with Crippen LogP contribution in [-0.4, -0.2) is 45.7 Å². The third-order valence-electron chi connectivity index (χ3n) is 2.38. The summed E-state index contributed by atoms with van der Waals surface area (Å²) in [7, 11) is 2.95. The number of methoxy groups -OCH3 is 2. The number of nitrogens with one attached hydrogen (secondary N) is 1. The molecule has 0 atom stereocenters. The Labute approximate surface area is 124 Å². The lowest BCUT2D eigenvalue weighted by atomic mass is 10.2. The molecule has 1 N–H and O–H groups in total. The van der Waals surface area contributed by atoms with E-state index >= 15 is 0 Å². The topological polar surface area (TPSA) is 69.1 Å². The molecule has 0 bridgehead atoms. The third-order valence-corrected chi connectivity index (χ3v) is 2.38. The van der Waals surface area contributed by atoms with Gasteiger partial charge in [0.2, 0.25) is 0 Å². The first kappa shape index (κ1) is 17.6. The number of carbonyl (C=O) groups is 1. The Kier molecular flexibility index (Phi) is 6.48. The second-order valence-corrected chi connectivity index (χ2v) is 4.01. The van der Waals surface area contributed by atoms with E-state index < -0.39 is 25.2 Å². The fraction of sp³-hybridized carbons (Fsp3) is 0.385. The van der Waals surface area contributed by atoms with E-state index in [0.29, 0.717) is 17.1 Å². The summed E-state index contributed by atoms with van der Waals surface area (Å²) in [6.07, 6.45) is -3.20. The van der Waals surface area contributed by atoms with Crippen molar-refractivity contribution in [1.82, 2.24) is 5.32 Å². The highest BCUT2D eigenvalue weighted by Crippen LogP contribution is 2.22. The fourth-order valence-electron chi connectivity index (χ4n) is 1.38. The van der Waals surface area contributed by atoms with Crippen molar-refractivity contribution in [3.05, 3.63) is 23.8 Å².